The van der Waals surface area contributed by atoms with Crippen LogP contribution >= 0.6 is 0 Å². The summed E-state index contributed by atoms with van der Waals surface area (Å²) in [5.74, 6) is 2.44. The lowest BCUT2D eigenvalue weighted by Crippen LogP contribution is -2.32. The lowest BCUT2D eigenvalue weighted by molar-refractivity contribution is 0.169. The fourth-order valence-corrected chi connectivity index (χ4v) is 4.87. The molecule has 0 saturated heterocycles. The van der Waals surface area contributed by atoms with E-state index in [4.69, 9.17) is 10.5 Å². The fraction of sp³-hybridized carbons (Fsp3) is 0.538. The molecule has 0 spiro atoms. The molecule has 1 saturated carbocycles. The van der Waals surface area contributed by atoms with Gasteiger partial charge in [-0.2, -0.15) is 0 Å². The summed E-state index contributed by atoms with van der Waals surface area (Å²) in [6, 6.07) is 13.2. The van der Waals surface area contributed by atoms with E-state index in [9.17, 15) is 0 Å². The number of nitrogens with zero attached hydrogens (tertiary/aromatic N) is 1. The highest BCUT2D eigenvalue weighted by molar-refractivity contribution is 5.37. The van der Waals surface area contributed by atoms with E-state index in [1.807, 2.05) is 0 Å². The first kappa shape index (κ1) is 21.9. The molecule has 29 heavy (non-hydrogen) atoms. The van der Waals surface area contributed by atoms with Crippen molar-refractivity contribution in [3.63, 3.8) is 0 Å². The van der Waals surface area contributed by atoms with Crippen LogP contribution in [0.5, 0.6) is 5.75 Å². The van der Waals surface area contributed by atoms with E-state index in [0.717, 1.165) is 43.8 Å². The van der Waals surface area contributed by atoms with Crippen molar-refractivity contribution in [2.24, 2.45) is 17.6 Å². The van der Waals surface area contributed by atoms with E-state index in [1.165, 1.54) is 53.5 Å². The van der Waals surface area contributed by atoms with Gasteiger partial charge in [0.25, 0.3) is 0 Å². The predicted octanol–water partition coefficient (Wildman–Crippen LogP) is 5.39. The van der Waals surface area contributed by atoms with E-state index in [1.54, 1.807) is 7.11 Å². The molecule has 0 aromatic heterocycles. The molecule has 0 heterocycles. The number of benzene rings is 2. The maximum atomic E-state index is 5.90. The normalized spacial score (nSPS) is 19.5. The molecule has 3 nitrogen and oxygen atoms in total. The second-order valence-electron chi connectivity index (χ2n) is 9.02. The largest absolute Gasteiger partial charge is 0.497 e. The molecule has 0 amide bonds. The molecular weight excluding hydrogens is 356 g/mol. The molecule has 1 aliphatic rings. The van der Waals surface area contributed by atoms with Crippen molar-refractivity contribution in [2.45, 2.75) is 59.5 Å². The molecule has 0 unspecified atom stereocenters. The Morgan fingerprint density at radius 3 is 2.03 bits per heavy atom. The highest BCUT2D eigenvalue weighted by Crippen LogP contribution is 2.30. The van der Waals surface area contributed by atoms with Crippen molar-refractivity contribution >= 4 is 0 Å². The van der Waals surface area contributed by atoms with Gasteiger partial charge >= 0.3 is 0 Å². The first-order valence-electron chi connectivity index (χ1n) is 11.1. The van der Waals surface area contributed by atoms with Crippen molar-refractivity contribution in [2.75, 3.05) is 20.2 Å². The Morgan fingerprint density at radius 1 is 0.897 bits per heavy atom. The second-order valence-corrected chi connectivity index (χ2v) is 9.02. The van der Waals surface area contributed by atoms with Gasteiger partial charge in [0, 0.05) is 19.6 Å². The molecular formula is C26H38N2O. The Labute approximate surface area is 177 Å². The number of aryl methyl sites for hydroxylation is 3. The summed E-state index contributed by atoms with van der Waals surface area (Å²) in [5, 5.41) is 0. The third-order valence-electron chi connectivity index (χ3n) is 6.60. The third kappa shape index (κ3) is 6.07. The molecule has 0 radical (unpaired) electrons. The van der Waals surface area contributed by atoms with E-state index >= 15 is 0 Å². The minimum absolute atomic E-state index is 0.739. The highest BCUT2D eigenvalue weighted by Gasteiger charge is 2.23. The van der Waals surface area contributed by atoms with Crippen LogP contribution in [0.3, 0.4) is 0 Å². The summed E-state index contributed by atoms with van der Waals surface area (Å²) < 4.78 is 5.33. The SMILES string of the molecule is COc1ccc(CN(Cc2c(C)cc(C)cc2C)CC2CCC(CN)CC2)cc1. The molecule has 0 aliphatic heterocycles. The number of hydrogen-bond donors (Lipinski definition) is 1. The van der Waals surface area contributed by atoms with Gasteiger partial charge in [-0.1, -0.05) is 29.8 Å². The van der Waals surface area contributed by atoms with E-state index in [-0.39, 0.29) is 0 Å². The quantitative estimate of drug-likeness (QED) is 0.652. The zero-order valence-electron chi connectivity index (χ0n) is 18.7. The third-order valence-corrected chi connectivity index (χ3v) is 6.60. The molecule has 3 heteroatoms. The predicted molar refractivity (Wildman–Crippen MR) is 122 cm³/mol. The van der Waals surface area contributed by atoms with Crippen LogP contribution in [0.4, 0.5) is 0 Å². The average molecular weight is 395 g/mol. The number of hydrogen-bond acceptors (Lipinski definition) is 3. The average Bonchev–Trinajstić information content (AvgIpc) is 2.71. The van der Waals surface area contributed by atoms with Gasteiger partial charge in [-0.15, -0.1) is 0 Å². The van der Waals surface area contributed by atoms with Gasteiger partial charge < -0.3 is 10.5 Å². The van der Waals surface area contributed by atoms with Crippen molar-refractivity contribution in [1.29, 1.82) is 0 Å². The van der Waals surface area contributed by atoms with Crippen LogP contribution in [0.15, 0.2) is 36.4 Å². The maximum absolute atomic E-state index is 5.90. The minimum atomic E-state index is 0.739. The van der Waals surface area contributed by atoms with Crippen LogP contribution in [0.2, 0.25) is 0 Å². The summed E-state index contributed by atoms with van der Waals surface area (Å²) >= 11 is 0. The summed E-state index contributed by atoms with van der Waals surface area (Å²) in [5.41, 5.74) is 12.9. The Kier molecular flexibility index (Phi) is 7.74. The molecule has 0 bridgehead atoms. The highest BCUT2D eigenvalue weighted by atomic mass is 16.5. The molecule has 3 rings (SSSR count). The van der Waals surface area contributed by atoms with Crippen molar-refractivity contribution in [1.82, 2.24) is 4.90 Å². The van der Waals surface area contributed by atoms with Gasteiger partial charge in [0.15, 0.2) is 0 Å². The van der Waals surface area contributed by atoms with E-state index in [0.29, 0.717) is 0 Å². The zero-order valence-corrected chi connectivity index (χ0v) is 18.7. The lowest BCUT2D eigenvalue weighted by Gasteiger charge is -2.33. The standard InChI is InChI=1S/C26H38N2O/c1-19-13-20(2)26(21(3)14-19)18-28(16-23-7-5-22(15-27)6-8-23)17-24-9-11-25(29-4)12-10-24/h9-14,22-23H,5-8,15-18,27H2,1-4H3. The van der Waals surface area contributed by atoms with Crippen LogP contribution in [0.1, 0.15) is 53.5 Å². The molecule has 1 aliphatic carbocycles. The summed E-state index contributed by atoms with van der Waals surface area (Å²) in [7, 11) is 1.72. The summed E-state index contributed by atoms with van der Waals surface area (Å²) in [4.78, 5) is 2.65. The van der Waals surface area contributed by atoms with E-state index < -0.39 is 0 Å². The molecule has 1 fully saturated rings. The van der Waals surface area contributed by atoms with Crippen molar-refractivity contribution < 1.29 is 4.74 Å². The Hall–Kier alpha value is -1.84. The van der Waals surface area contributed by atoms with Crippen LogP contribution in [0.25, 0.3) is 0 Å². The van der Waals surface area contributed by atoms with Gasteiger partial charge in [0.2, 0.25) is 0 Å². The lowest BCUT2D eigenvalue weighted by atomic mass is 9.81. The first-order valence-corrected chi connectivity index (χ1v) is 11.1. The van der Waals surface area contributed by atoms with Gasteiger partial charge in [0.05, 0.1) is 7.11 Å². The molecule has 158 valence electrons. The van der Waals surface area contributed by atoms with Gasteiger partial charge in [-0.25, -0.2) is 0 Å². The van der Waals surface area contributed by atoms with Crippen LogP contribution in [0, 0.1) is 32.6 Å². The molecule has 2 aromatic rings. The fourth-order valence-electron chi connectivity index (χ4n) is 4.87. The van der Waals surface area contributed by atoms with Gasteiger partial charge in [0.1, 0.15) is 5.75 Å². The summed E-state index contributed by atoms with van der Waals surface area (Å²) in [6.07, 6.45) is 5.21. The Balaban J connectivity index is 1.75. The van der Waals surface area contributed by atoms with Gasteiger partial charge in [-0.3, -0.25) is 4.90 Å². The number of nitrogens with two attached hydrogens (primary N) is 1. The topological polar surface area (TPSA) is 38.5 Å². The van der Waals surface area contributed by atoms with Crippen LogP contribution < -0.4 is 10.5 Å². The molecule has 2 aromatic carbocycles. The first-order chi connectivity index (χ1) is 14.0. The van der Waals surface area contributed by atoms with E-state index in [2.05, 4.69) is 62.1 Å². The van der Waals surface area contributed by atoms with Crippen LogP contribution in [-0.2, 0) is 13.1 Å². The van der Waals surface area contributed by atoms with Gasteiger partial charge in [-0.05, 0) is 99.2 Å². The monoisotopic (exact) mass is 394 g/mol. The second kappa shape index (κ2) is 10.3. The van der Waals surface area contributed by atoms with Crippen molar-refractivity contribution in [3.05, 3.63) is 64.2 Å². The number of rotatable bonds is 8. The molecule has 0 atom stereocenters. The Morgan fingerprint density at radius 2 is 1.48 bits per heavy atom. The maximum Gasteiger partial charge on any atom is 0.118 e. The van der Waals surface area contributed by atoms with Crippen LogP contribution in [-0.4, -0.2) is 25.1 Å². The molecule has 2 N–H and O–H groups in total. The minimum Gasteiger partial charge on any atom is -0.497 e. The zero-order chi connectivity index (χ0) is 20.8. The Bertz CT molecular complexity index is 753. The van der Waals surface area contributed by atoms with Crippen molar-refractivity contribution in [3.8, 4) is 5.75 Å². The number of ether oxygens (including phenoxy) is 1. The number of methoxy groups -OCH3 is 1. The smallest absolute Gasteiger partial charge is 0.118 e. The summed E-state index contributed by atoms with van der Waals surface area (Å²) in [6.45, 7) is 10.7.